The minimum atomic E-state index is 0.0855. The molecule has 0 radical (unpaired) electrons. The van der Waals surface area contributed by atoms with E-state index in [-0.39, 0.29) is 17.2 Å². The molecule has 1 fully saturated rings. The zero-order valence-electron chi connectivity index (χ0n) is 14.4. The second-order valence-electron chi connectivity index (χ2n) is 7.47. The van der Waals surface area contributed by atoms with Crippen molar-refractivity contribution in [1.29, 1.82) is 0 Å². The molecule has 1 heterocycles. The standard InChI is InChI=1S/C20H26N2O/c1-13(2)11-16-18(20(16,3)4)19(23)21-10-9-14-12-22-17-8-6-5-7-15(14)17/h5-8,11-12,16,18,22H,9-10H2,1-4H3,(H,21,23). The molecule has 3 rings (SSSR count). The van der Waals surface area contributed by atoms with E-state index in [1.54, 1.807) is 0 Å². The third kappa shape index (κ3) is 3.05. The number of aromatic nitrogens is 1. The van der Waals surface area contributed by atoms with Crippen LogP contribution >= 0.6 is 0 Å². The van der Waals surface area contributed by atoms with Crippen molar-refractivity contribution in [3.63, 3.8) is 0 Å². The fraction of sp³-hybridized carbons (Fsp3) is 0.450. The number of carbonyl (C=O) groups excluding carboxylic acids is 1. The second kappa shape index (κ2) is 5.88. The Labute approximate surface area is 138 Å². The Morgan fingerprint density at radius 2 is 2.04 bits per heavy atom. The minimum Gasteiger partial charge on any atom is -0.361 e. The summed E-state index contributed by atoms with van der Waals surface area (Å²) in [6.45, 7) is 9.25. The third-order valence-electron chi connectivity index (χ3n) is 5.07. The number of para-hydroxylation sites is 1. The number of hydrogen-bond acceptors (Lipinski definition) is 1. The molecule has 0 bridgehead atoms. The molecule has 1 aliphatic rings. The largest absolute Gasteiger partial charge is 0.361 e. The lowest BCUT2D eigenvalue weighted by Gasteiger charge is -2.06. The van der Waals surface area contributed by atoms with Crippen molar-refractivity contribution < 1.29 is 4.79 Å². The first-order chi connectivity index (χ1) is 10.9. The van der Waals surface area contributed by atoms with E-state index in [9.17, 15) is 4.79 Å². The van der Waals surface area contributed by atoms with Gasteiger partial charge >= 0.3 is 0 Å². The first-order valence-electron chi connectivity index (χ1n) is 8.39. The monoisotopic (exact) mass is 310 g/mol. The zero-order valence-corrected chi connectivity index (χ0v) is 14.4. The van der Waals surface area contributed by atoms with Crippen molar-refractivity contribution in [3.8, 4) is 0 Å². The average molecular weight is 310 g/mol. The van der Waals surface area contributed by atoms with Gasteiger partial charge in [-0.15, -0.1) is 0 Å². The van der Waals surface area contributed by atoms with Crippen LogP contribution in [0.2, 0.25) is 0 Å². The molecule has 2 atom stereocenters. The molecular weight excluding hydrogens is 284 g/mol. The maximum Gasteiger partial charge on any atom is 0.224 e. The van der Waals surface area contributed by atoms with Crippen LogP contribution in [0.15, 0.2) is 42.1 Å². The number of rotatable bonds is 5. The van der Waals surface area contributed by atoms with E-state index >= 15 is 0 Å². The predicted molar refractivity (Wildman–Crippen MR) is 95.2 cm³/mol. The van der Waals surface area contributed by atoms with Crippen LogP contribution in [0.25, 0.3) is 10.9 Å². The number of nitrogens with one attached hydrogen (secondary N) is 2. The Kier molecular flexibility index (Phi) is 4.05. The maximum absolute atomic E-state index is 12.5. The highest BCUT2D eigenvalue weighted by molar-refractivity contribution is 5.84. The second-order valence-corrected chi connectivity index (χ2v) is 7.47. The highest BCUT2D eigenvalue weighted by atomic mass is 16.2. The summed E-state index contributed by atoms with van der Waals surface area (Å²) in [5.41, 5.74) is 3.79. The lowest BCUT2D eigenvalue weighted by molar-refractivity contribution is -0.123. The van der Waals surface area contributed by atoms with E-state index < -0.39 is 0 Å². The van der Waals surface area contributed by atoms with E-state index in [4.69, 9.17) is 0 Å². The molecule has 2 unspecified atom stereocenters. The number of fused-ring (bicyclic) bond motifs is 1. The number of hydrogen-bond donors (Lipinski definition) is 2. The van der Waals surface area contributed by atoms with Crippen LogP contribution in [0, 0.1) is 17.3 Å². The molecule has 1 aromatic heterocycles. The summed E-state index contributed by atoms with van der Waals surface area (Å²) in [7, 11) is 0. The highest BCUT2D eigenvalue weighted by Gasteiger charge is 2.60. The summed E-state index contributed by atoms with van der Waals surface area (Å²) in [6, 6.07) is 8.28. The van der Waals surface area contributed by atoms with Gasteiger partial charge in [-0.3, -0.25) is 4.79 Å². The Hall–Kier alpha value is -2.03. The van der Waals surface area contributed by atoms with Crippen LogP contribution < -0.4 is 5.32 Å². The van der Waals surface area contributed by atoms with Crippen molar-refractivity contribution in [2.75, 3.05) is 6.54 Å². The van der Waals surface area contributed by atoms with Gasteiger partial charge in [0, 0.05) is 23.6 Å². The van der Waals surface area contributed by atoms with Gasteiger partial charge in [0.25, 0.3) is 0 Å². The fourth-order valence-corrected chi connectivity index (χ4v) is 3.62. The molecule has 1 amide bonds. The normalized spacial score (nSPS) is 21.9. The van der Waals surface area contributed by atoms with E-state index in [2.05, 4.69) is 62.3 Å². The van der Waals surface area contributed by atoms with Crippen molar-refractivity contribution in [1.82, 2.24) is 10.3 Å². The number of H-pyrrole nitrogens is 1. The van der Waals surface area contributed by atoms with E-state index in [1.807, 2.05) is 12.3 Å². The number of aromatic amines is 1. The van der Waals surface area contributed by atoms with Gasteiger partial charge in [0.05, 0.1) is 5.92 Å². The minimum absolute atomic E-state index is 0.0855. The van der Waals surface area contributed by atoms with E-state index in [1.165, 1.54) is 16.5 Å². The summed E-state index contributed by atoms with van der Waals surface area (Å²) >= 11 is 0. The summed E-state index contributed by atoms with van der Waals surface area (Å²) in [6.07, 6.45) is 5.14. The fourth-order valence-electron chi connectivity index (χ4n) is 3.62. The maximum atomic E-state index is 12.5. The lowest BCUT2D eigenvalue weighted by Crippen LogP contribution is -2.28. The molecule has 122 valence electrons. The van der Waals surface area contributed by atoms with Gasteiger partial charge in [-0.25, -0.2) is 0 Å². The van der Waals surface area contributed by atoms with Gasteiger partial charge in [0.15, 0.2) is 0 Å². The van der Waals surface area contributed by atoms with Crippen molar-refractivity contribution >= 4 is 16.8 Å². The van der Waals surface area contributed by atoms with Crippen molar-refractivity contribution in [3.05, 3.63) is 47.7 Å². The lowest BCUT2D eigenvalue weighted by atomic mass is 10.1. The Morgan fingerprint density at radius 3 is 2.78 bits per heavy atom. The first-order valence-corrected chi connectivity index (χ1v) is 8.39. The molecule has 1 aromatic carbocycles. The summed E-state index contributed by atoms with van der Waals surface area (Å²) in [5.74, 6) is 0.679. The van der Waals surface area contributed by atoms with Crippen LogP contribution in [0.4, 0.5) is 0 Å². The molecule has 0 spiro atoms. The first kappa shape index (κ1) is 15.9. The SMILES string of the molecule is CC(C)=CC1C(C(=O)NCCc2c[nH]c3ccccc23)C1(C)C. The summed E-state index contributed by atoms with van der Waals surface area (Å²) < 4.78 is 0. The van der Waals surface area contributed by atoms with Gasteiger partial charge < -0.3 is 10.3 Å². The van der Waals surface area contributed by atoms with Crippen LogP contribution in [-0.2, 0) is 11.2 Å². The topological polar surface area (TPSA) is 44.9 Å². The van der Waals surface area contributed by atoms with Crippen molar-refractivity contribution in [2.45, 2.75) is 34.1 Å². The van der Waals surface area contributed by atoms with Crippen LogP contribution in [0.5, 0.6) is 0 Å². The van der Waals surface area contributed by atoms with Gasteiger partial charge in [-0.05, 0) is 43.2 Å². The van der Waals surface area contributed by atoms with Gasteiger partial charge in [0.2, 0.25) is 5.91 Å². The molecule has 2 aromatic rings. The molecule has 3 nitrogen and oxygen atoms in total. The van der Waals surface area contributed by atoms with E-state index in [0.29, 0.717) is 12.5 Å². The third-order valence-corrected chi connectivity index (χ3v) is 5.07. The highest BCUT2D eigenvalue weighted by Crippen LogP contribution is 2.59. The zero-order chi connectivity index (χ0) is 16.6. The number of amides is 1. The summed E-state index contributed by atoms with van der Waals surface area (Å²) in [5, 5.41) is 4.37. The van der Waals surface area contributed by atoms with Gasteiger partial charge in [-0.1, -0.05) is 43.7 Å². The average Bonchev–Trinajstić information content (AvgIpc) is 2.84. The number of carbonyl (C=O) groups is 1. The molecule has 0 aliphatic heterocycles. The van der Waals surface area contributed by atoms with Gasteiger partial charge in [-0.2, -0.15) is 0 Å². The van der Waals surface area contributed by atoms with Crippen LogP contribution in [-0.4, -0.2) is 17.4 Å². The molecule has 23 heavy (non-hydrogen) atoms. The van der Waals surface area contributed by atoms with Crippen molar-refractivity contribution in [2.24, 2.45) is 17.3 Å². The Balaban J connectivity index is 1.57. The van der Waals surface area contributed by atoms with Gasteiger partial charge in [0.1, 0.15) is 0 Å². The summed E-state index contributed by atoms with van der Waals surface area (Å²) in [4.78, 5) is 15.7. The number of allylic oxidation sites excluding steroid dienone is 2. The van der Waals surface area contributed by atoms with Crippen LogP contribution in [0.1, 0.15) is 33.3 Å². The Morgan fingerprint density at radius 1 is 1.30 bits per heavy atom. The Bertz CT molecular complexity index is 750. The molecular formula is C20H26N2O. The molecule has 1 aliphatic carbocycles. The van der Waals surface area contributed by atoms with Crippen LogP contribution in [0.3, 0.4) is 0 Å². The van der Waals surface area contributed by atoms with E-state index in [0.717, 1.165) is 11.9 Å². The molecule has 2 N–H and O–H groups in total. The molecule has 1 saturated carbocycles. The smallest absolute Gasteiger partial charge is 0.224 e. The molecule has 0 saturated heterocycles. The quantitative estimate of drug-likeness (QED) is 0.804. The number of benzene rings is 1. The molecule has 3 heteroatoms. The predicted octanol–water partition coefficient (Wildman–Crippen LogP) is 4.07.